The van der Waals surface area contributed by atoms with Gasteiger partial charge in [0.25, 0.3) is 0 Å². The third kappa shape index (κ3) is 14.0. The van der Waals surface area contributed by atoms with Crippen molar-refractivity contribution in [2.75, 3.05) is 0 Å². The summed E-state index contributed by atoms with van der Waals surface area (Å²) in [7, 11) is 0. The van der Waals surface area contributed by atoms with Crippen LogP contribution in [0.2, 0.25) is 0 Å². The summed E-state index contributed by atoms with van der Waals surface area (Å²) < 4.78 is 23.4. The fraction of sp³-hybridized carbons (Fsp3) is 0. The first-order valence-electron chi connectivity index (χ1n) is 23.9. The number of carboxylic acid groups (broad SMARTS) is 3. The Morgan fingerprint density at radius 3 is 0.764 bits per heavy atom. The maximum absolute atomic E-state index is 12.5. The minimum atomic E-state index is -1.31. The summed E-state index contributed by atoms with van der Waals surface area (Å²) in [5, 5.41) is 74.7. The van der Waals surface area contributed by atoms with Crippen molar-refractivity contribution in [1.82, 2.24) is 0 Å². The van der Waals surface area contributed by atoms with Crippen molar-refractivity contribution in [2.24, 2.45) is 0 Å². The van der Waals surface area contributed by atoms with Crippen LogP contribution in [0.5, 0.6) is 17.2 Å². The number of carbonyl (C=O) groups is 3. The average Bonchev–Trinajstić information content (AvgIpc) is 1.02. The Hall–Kier alpha value is -0.975. The molecule has 6 aromatic rings. The van der Waals surface area contributed by atoms with E-state index >= 15 is 0 Å². The first-order chi connectivity index (χ1) is 41.2. The first-order valence-corrected chi connectivity index (χ1v) is 36.8. The molecule has 0 saturated heterocycles. The van der Waals surface area contributed by atoms with Crippen LogP contribution in [-0.4, -0.2) is 52.6 Å². The zero-order valence-electron chi connectivity index (χ0n) is 43.2. The quantitative estimate of drug-likeness (QED) is 0.0850. The van der Waals surface area contributed by atoms with E-state index in [0.717, 1.165) is 0 Å². The lowest BCUT2D eigenvalue weighted by Gasteiger charge is -2.22. The summed E-state index contributed by atoms with van der Waals surface area (Å²) in [6.45, 7) is 0. The summed E-state index contributed by atoms with van der Waals surface area (Å²) in [5.41, 5.74) is 5.40. The summed E-state index contributed by atoms with van der Waals surface area (Å²) >= 11 is 23.3. The monoisotopic (exact) mass is 2550 g/mol. The molecule has 444 valence electrons. The van der Waals surface area contributed by atoms with Crippen LogP contribution in [-0.2, 0) is 0 Å². The van der Waals surface area contributed by atoms with E-state index in [1.807, 2.05) is 271 Å². The SMILES string of the molecule is O=C([O-])c1ccccc1-c1c2cc(I)c(=O)c(I)c-2oc2c(I)c([O-])c(I)cc12.O=C([O-])c1ccccc1-c1c2cc(I)c(=O)c(I)c-2oc2c(I)c([O-])c(I)cc12.O=C([O-])c1ccccc1-c1c2cc(I)c(=O)c(I)c-2oc2c(I)c([O-])c(I)cc12.[Al].[Al]. The zero-order valence-corrected chi connectivity index (χ0v) is 71.4. The van der Waals surface area contributed by atoms with E-state index in [4.69, 9.17) is 13.3 Å². The lowest BCUT2D eigenvalue weighted by atomic mass is 9.91. The van der Waals surface area contributed by atoms with Crippen molar-refractivity contribution in [3.8, 4) is 84.6 Å². The van der Waals surface area contributed by atoms with Crippen molar-refractivity contribution < 1.29 is 58.3 Å². The van der Waals surface area contributed by atoms with Crippen LogP contribution in [0.4, 0.5) is 0 Å². The van der Waals surface area contributed by atoms with E-state index in [1.165, 1.54) is 18.2 Å². The molecule has 0 bridgehead atoms. The molecule has 3 heterocycles. The van der Waals surface area contributed by atoms with Crippen LogP contribution in [0.15, 0.2) is 137 Å². The fourth-order valence-corrected chi connectivity index (χ4v) is 20.2. The predicted octanol–water partition coefficient (Wildman–Crippen LogP) is 12.5. The van der Waals surface area contributed by atoms with Gasteiger partial charge in [0, 0.05) is 122 Å². The van der Waals surface area contributed by atoms with Gasteiger partial charge in [-0.15, -0.1) is 0 Å². The summed E-state index contributed by atoms with van der Waals surface area (Å²) in [4.78, 5) is 72.9. The number of fused-ring (bicyclic) bond motifs is 6. The molecule has 0 atom stereocenters. The third-order valence-corrected chi connectivity index (χ3v) is 24.0. The Morgan fingerprint density at radius 2 is 0.539 bits per heavy atom. The predicted molar refractivity (Wildman–Crippen MR) is 429 cm³/mol. The van der Waals surface area contributed by atoms with Crippen molar-refractivity contribution >= 4 is 357 Å². The van der Waals surface area contributed by atoms with Crippen molar-refractivity contribution in [3.63, 3.8) is 0 Å². The van der Waals surface area contributed by atoms with Gasteiger partial charge in [0.05, 0.1) is 28.6 Å². The van der Waals surface area contributed by atoms with E-state index in [2.05, 4.69) is 0 Å². The molecule has 0 saturated carbocycles. The fourth-order valence-electron chi connectivity index (χ4n) is 9.47. The van der Waals surface area contributed by atoms with Gasteiger partial charge >= 0.3 is 0 Å². The molecule has 29 heteroatoms. The molecule has 3 aliphatic heterocycles. The Labute approximate surface area is 686 Å². The molecule has 3 aliphatic carbocycles. The number of carbonyl (C=O) groups excluding carboxylic acids is 3. The lowest BCUT2D eigenvalue weighted by Crippen LogP contribution is -2.23. The average molecular weight is 2560 g/mol. The zero-order chi connectivity index (χ0) is 63.1. The number of halogens is 12. The van der Waals surface area contributed by atoms with E-state index in [9.17, 15) is 59.4 Å². The van der Waals surface area contributed by atoms with Crippen LogP contribution >= 0.6 is 271 Å². The highest BCUT2D eigenvalue weighted by molar-refractivity contribution is 14.1. The largest absolute Gasteiger partial charge is 0.871 e. The number of benzene rings is 9. The molecule has 0 unspecified atom stereocenters. The topological polar surface area (TPSA) is 280 Å². The summed E-state index contributed by atoms with van der Waals surface area (Å²) in [6, 6.07) is 29.7. The van der Waals surface area contributed by atoms with E-state index in [1.54, 1.807) is 91.0 Å². The number of aromatic carboxylic acids is 3. The molecule has 6 radical (unpaired) electrons. The highest BCUT2D eigenvalue weighted by Crippen LogP contribution is 2.50. The van der Waals surface area contributed by atoms with Gasteiger partial charge in [-0.1, -0.05) is 90.0 Å². The normalized spacial score (nSPS) is 11.1. The summed E-state index contributed by atoms with van der Waals surface area (Å²) in [5.74, 6) is -3.48. The van der Waals surface area contributed by atoms with Gasteiger partial charge in [-0.3, -0.25) is 14.4 Å². The van der Waals surface area contributed by atoms with Gasteiger partial charge in [0.15, 0.2) is 17.3 Å². The third-order valence-electron chi connectivity index (χ3n) is 13.3. The Balaban J connectivity index is 0.000000171. The smallest absolute Gasteiger partial charge is 0.209 e. The maximum Gasteiger partial charge on any atom is 0.209 e. The second-order valence-corrected chi connectivity index (χ2v) is 31.6. The van der Waals surface area contributed by atoms with Crippen LogP contribution in [0.1, 0.15) is 31.1 Å². The van der Waals surface area contributed by atoms with Gasteiger partial charge in [0.2, 0.25) is 16.3 Å². The standard InChI is InChI=1S/3C20H8I4O5.2Al/c3*21-11-5-9-13(7-3-1-2-4-8(7)20(27)28)10-6-12(22)17(26)15(24)19(10)29-18(9)14(23)16(11)25;;/h3*1-6,25H,(H,27,28);;/p-6. The number of carboxylic acids is 3. The second-order valence-electron chi connectivity index (χ2n) is 18.2. The molecule has 6 aromatic carbocycles. The van der Waals surface area contributed by atoms with Crippen LogP contribution in [0, 0.1) is 42.8 Å². The molecule has 15 nitrogen and oxygen atoms in total. The molecule has 12 rings (SSSR count). The van der Waals surface area contributed by atoms with Gasteiger partial charge in [0.1, 0.15) is 27.5 Å². The number of rotatable bonds is 6. The molecule has 0 amide bonds. The van der Waals surface area contributed by atoms with E-state index < -0.39 is 17.9 Å². The maximum atomic E-state index is 12.5. The van der Waals surface area contributed by atoms with Crippen molar-refractivity contribution in [3.05, 3.63) is 199 Å². The minimum absolute atomic E-state index is 0. The van der Waals surface area contributed by atoms with E-state index in [0.29, 0.717) is 143 Å². The second kappa shape index (κ2) is 30.2. The molecular weight excluding hydrogens is 2540 g/mol. The number of hydrogen-bond donors (Lipinski definition) is 0. The Kier molecular flexibility index (Phi) is 25.1. The molecule has 0 aromatic heterocycles. The van der Waals surface area contributed by atoms with Crippen LogP contribution < -0.4 is 46.9 Å². The molecule has 89 heavy (non-hydrogen) atoms. The Bertz CT molecular complexity index is 4590. The Morgan fingerprint density at radius 1 is 0.315 bits per heavy atom. The van der Waals surface area contributed by atoms with Gasteiger partial charge < -0.3 is 58.3 Å². The van der Waals surface area contributed by atoms with Crippen LogP contribution in [0.3, 0.4) is 0 Å². The van der Waals surface area contributed by atoms with Crippen molar-refractivity contribution in [2.45, 2.75) is 0 Å². The van der Waals surface area contributed by atoms with E-state index in [-0.39, 0.29) is 84.9 Å². The lowest BCUT2D eigenvalue weighted by molar-refractivity contribution is -0.271. The molecular formula is C60H18Al2I12O15-6. The highest BCUT2D eigenvalue weighted by Gasteiger charge is 2.29. The van der Waals surface area contributed by atoms with Crippen molar-refractivity contribution in [1.29, 1.82) is 0 Å². The highest BCUT2D eigenvalue weighted by atomic mass is 127. The van der Waals surface area contributed by atoms with Crippen LogP contribution in [0.25, 0.3) is 100 Å². The molecule has 0 spiro atoms. The van der Waals surface area contributed by atoms with Gasteiger partial charge in [-0.25, -0.2) is 0 Å². The summed E-state index contributed by atoms with van der Waals surface area (Å²) in [6.07, 6.45) is 0. The number of hydrogen-bond acceptors (Lipinski definition) is 15. The molecule has 6 aliphatic rings. The van der Waals surface area contributed by atoms with Gasteiger partial charge in [-0.2, -0.15) is 0 Å². The van der Waals surface area contributed by atoms with Gasteiger partial charge in [-0.05, 0) is 324 Å². The molecule has 0 fully saturated rings. The first kappa shape index (κ1) is 73.8. The minimum Gasteiger partial charge on any atom is -0.871 e. The molecule has 0 N–H and O–H groups in total.